The fourth-order valence-corrected chi connectivity index (χ4v) is 7.91. The van der Waals surface area contributed by atoms with Crippen molar-refractivity contribution in [3.8, 4) is 0 Å². The number of unbranched alkanes of at least 4 members (excludes halogenated alkanes) is 10. The summed E-state index contributed by atoms with van der Waals surface area (Å²) in [7, 11) is -10.7. The normalized spacial score (nSPS) is 23.0. The highest BCUT2D eigenvalue weighted by atomic mass is 31.2. The lowest BCUT2D eigenvalue weighted by Gasteiger charge is -2.43. The fourth-order valence-electron chi connectivity index (χ4n) is 6.37. The number of carbonyl (C=O) groups excluding carboxylic acids is 2. The Morgan fingerprint density at radius 1 is 0.578 bits per heavy atom. The van der Waals surface area contributed by atoms with Gasteiger partial charge < -0.3 is 49.7 Å². The zero-order valence-electron chi connectivity index (χ0n) is 37.5. The van der Waals surface area contributed by atoms with Crippen LogP contribution in [0.25, 0.3) is 0 Å². The summed E-state index contributed by atoms with van der Waals surface area (Å²) in [5.74, 6) is -1.29. The third kappa shape index (κ3) is 29.8. The van der Waals surface area contributed by atoms with E-state index in [2.05, 4.69) is 47.9 Å². The maximum Gasteiger partial charge on any atom is 0.472 e. The minimum atomic E-state index is -5.38. The molecule has 0 radical (unpaired) electrons. The molecule has 0 aromatic carbocycles. The third-order valence-electron chi connectivity index (χ3n) is 9.86. The van der Waals surface area contributed by atoms with Crippen LogP contribution in [0.2, 0.25) is 0 Å². The first-order chi connectivity index (χ1) is 30.5. The van der Waals surface area contributed by atoms with Crippen LogP contribution >= 0.6 is 15.6 Å². The topological polar surface area (TPSA) is 276 Å². The Labute approximate surface area is 379 Å². The molecule has 0 bridgehead atoms. The molecule has 1 rings (SSSR count). The van der Waals surface area contributed by atoms with Crippen LogP contribution in [0, 0.1) is 0 Å². The van der Waals surface area contributed by atoms with Gasteiger partial charge in [0, 0.05) is 12.8 Å². The molecule has 9 atom stereocenters. The molecule has 19 heteroatoms. The summed E-state index contributed by atoms with van der Waals surface area (Å²) in [6.45, 7) is 2.73. The molecule has 1 aliphatic carbocycles. The number of esters is 2. The van der Waals surface area contributed by atoms with E-state index < -0.39 is 89.6 Å². The van der Waals surface area contributed by atoms with Crippen molar-refractivity contribution in [2.75, 3.05) is 13.2 Å². The van der Waals surface area contributed by atoms with Gasteiger partial charge >= 0.3 is 27.6 Å². The van der Waals surface area contributed by atoms with E-state index in [1.165, 1.54) is 0 Å². The van der Waals surface area contributed by atoms with Crippen LogP contribution in [0.5, 0.6) is 0 Å². The van der Waals surface area contributed by atoms with Crippen molar-refractivity contribution in [2.24, 2.45) is 0 Å². The number of hydrogen-bond acceptors (Lipinski definition) is 14. The summed E-state index contributed by atoms with van der Waals surface area (Å²) in [5, 5.41) is 51.1. The number of carbonyl (C=O) groups is 2. The van der Waals surface area contributed by atoms with Gasteiger partial charge in [-0.05, 0) is 70.6 Å². The molecule has 0 aromatic rings. The Kier molecular flexibility index (Phi) is 33.0. The smallest absolute Gasteiger partial charge is 0.462 e. The van der Waals surface area contributed by atoms with Gasteiger partial charge in [0.1, 0.15) is 43.2 Å². The predicted octanol–water partition coefficient (Wildman–Crippen LogP) is 7.03. The van der Waals surface area contributed by atoms with Crippen LogP contribution in [-0.2, 0) is 41.8 Å². The second-order valence-corrected chi connectivity index (χ2v) is 18.2. The van der Waals surface area contributed by atoms with E-state index in [0.717, 1.165) is 89.9 Å². The third-order valence-corrected chi connectivity index (χ3v) is 11.4. The van der Waals surface area contributed by atoms with Crippen molar-refractivity contribution in [2.45, 2.75) is 185 Å². The maximum absolute atomic E-state index is 13.0. The van der Waals surface area contributed by atoms with Crippen molar-refractivity contribution < 1.29 is 82.0 Å². The molecule has 0 aromatic heterocycles. The Balaban J connectivity index is 2.66. The maximum atomic E-state index is 13.0. The number of allylic oxidation sites excluding steroid dienone is 10. The summed E-state index contributed by atoms with van der Waals surface area (Å²) in [5.41, 5.74) is 0. The molecular weight excluding hydrogens is 874 g/mol. The van der Waals surface area contributed by atoms with Gasteiger partial charge in [0.15, 0.2) is 6.10 Å². The van der Waals surface area contributed by atoms with Gasteiger partial charge in [-0.2, -0.15) is 0 Å². The average Bonchev–Trinajstić information content (AvgIpc) is 3.24. The average molecular weight is 951 g/mol. The highest BCUT2D eigenvalue weighted by molar-refractivity contribution is 7.47. The molecule has 1 aliphatic rings. The summed E-state index contributed by atoms with van der Waals surface area (Å²) < 4.78 is 49.2. The zero-order valence-corrected chi connectivity index (χ0v) is 39.3. The minimum absolute atomic E-state index is 0.0103. The molecule has 64 heavy (non-hydrogen) atoms. The van der Waals surface area contributed by atoms with Gasteiger partial charge in [0.25, 0.3) is 0 Å². The zero-order chi connectivity index (χ0) is 47.6. The van der Waals surface area contributed by atoms with Crippen molar-refractivity contribution in [1.29, 1.82) is 0 Å². The molecule has 368 valence electrons. The van der Waals surface area contributed by atoms with Crippen LogP contribution in [0.15, 0.2) is 72.9 Å². The number of ether oxygens (including phenoxy) is 2. The molecular formula is C45H76O17P2. The van der Waals surface area contributed by atoms with E-state index in [1.807, 2.05) is 37.3 Å². The van der Waals surface area contributed by atoms with Gasteiger partial charge in [-0.1, -0.05) is 125 Å². The van der Waals surface area contributed by atoms with Crippen molar-refractivity contribution in [1.82, 2.24) is 0 Å². The molecule has 0 saturated heterocycles. The molecule has 17 nitrogen and oxygen atoms in total. The summed E-state index contributed by atoms with van der Waals surface area (Å²) in [6, 6.07) is 0. The molecule has 1 saturated carbocycles. The van der Waals surface area contributed by atoms with E-state index in [9.17, 15) is 49.1 Å². The van der Waals surface area contributed by atoms with E-state index >= 15 is 0 Å². The molecule has 6 unspecified atom stereocenters. The number of aliphatic hydroxyl groups excluding tert-OH is 5. The van der Waals surface area contributed by atoms with Crippen molar-refractivity contribution in [3.05, 3.63) is 72.9 Å². The SMILES string of the molecule is CC/C=C\C/C=C\C/C=C\CCCCCCCC(=O)OC[C@H](COP(=O)(O)O[C@H]1C(O)C(O)C(O)[C@@H](OP(=O)(O)O)C1O)OC(=O)CCCCCCC/C=C/C=C/C(O)C/C=C/CC. The number of aliphatic hydroxyl groups is 5. The second kappa shape index (κ2) is 35.6. The fraction of sp³-hybridized carbons (Fsp3) is 0.689. The molecule has 8 N–H and O–H groups in total. The van der Waals surface area contributed by atoms with E-state index in [4.69, 9.17) is 28.3 Å². The molecule has 0 amide bonds. The van der Waals surface area contributed by atoms with Gasteiger partial charge in [0.2, 0.25) is 0 Å². The molecule has 0 aliphatic heterocycles. The lowest BCUT2D eigenvalue weighted by Crippen LogP contribution is -2.64. The van der Waals surface area contributed by atoms with Crippen molar-refractivity contribution in [3.63, 3.8) is 0 Å². The number of hydrogen-bond donors (Lipinski definition) is 8. The number of phosphoric ester groups is 2. The first kappa shape index (κ1) is 59.4. The monoisotopic (exact) mass is 950 g/mol. The quantitative estimate of drug-likeness (QED) is 0.0103. The van der Waals surface area contributed by atoms with E-state index in [1.54, 1.807) is 6.08 Å². The summed E-state index contributed by atoms with van der Waals surface area (Å²) in [6.07, 6.45) is 23.4. The Bertz CT molecular complexity index is 1540. The highest BCUT2D eigenvalue weighted by Gasteiger charge is 2.54. The summed E-state index contributed by atoms with van der Waals surface area (Å²) >= 11 is 0. The summed E-state index contributed by atoms with van der Waals surface area (Å²) in [4.78, 5) is 54.2. The Morgan fingerprint density at radius 3 is 1.70 bits per heavy atom. The molecule has 0 spiro atoms. The van der Waals surface area contributed by atoms with Gasteiger partial charge in [-0.25, -0.2) is 9.13 Å². The highest BCUT2D eigenvalue weighted by Crippen LogP contribution is 2.49. The lowest BCUT2D eigenvalue weighted by atomic mass is 9.85. The Morgan fingerprint density at radius 2 is 1.09 bits per heavy atom. The van der Waals surface area contributed by atoms with Crippen molar-refractivity contribution >= 4 is 27.6 Å². The van der Waals surface area contributed by atoms with Crippen LogP contribution < -0.4 is 0 Å². The van der Waals surface area contributed by atoms with Crippen LogP contribution in [0.4, 0.5) is 0 Å². The lowest BCUT2D eigenvalue weighted by molar-refractivity contribution is -0.216. The standard InChI is InChI=1S/C45H76O17P2/c1-3-5-7-8-9-10-11-12-13-14-15-18-21-24-28-32-38(47)58-34-37(60-39(48)33-29-25-22-19-16-17-20-23-27-31-36(46)30-26-6-4-2)35-59-64(56,57)62-45-42(51)40(49)41(50)44(43(45)52)61-63(53,54)55/h5-7,9-10,12-13,20,23,26-27,31,36-37,40-46,49-52H,3-4,8,11,14-19,21-22,24-25,28-30,32-35H2,1-2H3,(H,56,57)(H2,53,54,55)/b7-5-,10-9-,13-12-,23-20+,26-6+,31-27+/t36?,37-,40?,41?,42?,43?,44-,45+/m1/s1. The van der Waals surface area contributed by atoms with Gasteiger partial charge in [0.05, 0.1) is 12.7 Å². The Hall–Kier alpha value is -2.60. The van der Waals surface area contributed by atoms with E-state index in [0.29, 0.717) is 19.3 Å². The molecule has 0 heterocycles. The predicted molar refractivity (Wildman–Crippen MR) is 242 cm³/mol. The first-order valence-corrected chi connectivity index (χ1v) is 25.6. The van der Waals surface area contributed by atoms with Crippen LogP contribution in [0.3, 0.4) is 0 Å². The minimum Gasteiger partial charge on any atom is -0.462 e. The molecule has 1 fully saturated rings. The number of rotatable bonds is 36. The van der Waals surface area contributed by atoms with Crippen LogP contribution in [-0.4, -0.2) is 114 Å². The van der Waals surface area contributed by atoms with Gasteiger partial charge in [-0.3, -0.25) is 23.2 Å². The van der Waals surface area contributed by atoms with Crippen LogP contribution in [0.1, 0.15) is 136 Å². The van der Waals surface area contributed by atoms with E-state index in [-0.39, 0.29) is 12.8 Å². The second-order valence-electron chi connectivity index (χ2n) is 15.6. The number of phosphoric acid groups is 2. The van der Waals surface area contributed by atoms with Gasteiger partial charge in [-0.15, -0.1) is 0 Å². The largest absolute Gasteiger partial charge is 0.472 e. The first-order valence-electron chi connectivity index (χ1n) is 22.6.